The lowest BCUT2D eigenvalue weighted by atomic mass is 9.74. The lowest BCUT2D eigenvalue weighted by Gasteiger charge is -2.38. The molecule has 0 amide bonds. The van der Waals surface area contributed by atoms with E-state index in [-0.39, 0.29) is 5.41 Å². The minimum atomic E-state index is -0.0567. The molecule has 0 bridgehead atoms. The maximum Gasteiger partial charge on any atom is 0.191 e. The molecule has 3 rings (SSSR count). The molecule has 1 aromatic carbocycles. The van der Waals surface area contributed by atoms with Gasteiger partial charge in [-0.05, 0) is 36.6 Å². The highest BCUT2D eigenvalue weighted by atomic mass is 35.5. The van der Waals surface area contributed by atoms with Gasteiger partial charge in [-0.3, -0.25) is 4.99 Å². The van der Waals surface area contributed by atoms with Gasteiger partial charge in [-0.25, -0.2) is 0 Å². The Kier molecular flexibility index (Phi) is 6.00. The number of furan rings is 1. The SMILES string of the molecule is CN=C(NCc1ccco1)NCC1(c2ccccc2Cl)CCOCC1. The molecule has 2 aromatic rings. The highest BCUT2D eigenvalue weighted by Gasteiger charge is 2.36. The Balaban J connectivity index is 1.69. The molecule has 2 heterocycles. The standard InChI is InChI=1S/C19H24ClN3O2/c1-21-18(22-13-15-5-4-10-25-15)23-14-19(8-11-24-12-9-19)16-6-2-3-7-17(16)20/h2-7,10H,8-9,11-14H2,1H3,(H2,21,22,23). The van der Waals surface area contributed by atoms with Crippen LogP contribution in [0.1, 0.15) is 24.2 Å². The predicted molar refractivity (Wildman–Crippen MR) is 100 cm³/mol. The third-order valence-electron chi connectivity index (χ3n) is 4.72. The molecule has 0 spiro atoms. The van der Waals surface area contributed by atoms with E-state index in [2.05, 4.69) is 21.7 Å². The predicted octanol–water partition coefficient (Wildman–Crippen LogP) is 3.35. The van der Waals surface area contributed by atoms with Crippen molar-refractivity contribution in [2.75, 3.05) is 26.8 Å². The lowest BCUT2D eigenvalue weighted by molar-refractivity contribution is 0.0514. The number of hydrogen-bond donors (Lipinski definition) is 2. The molecule has 0 aliphatic carbocycles. The first-order chi connectivity index (χ1) is 12.2. The zero-order valence-corrected chi connectivity index (χ0v) is 15.2. The van der Waals surface area contributed by atoms with Crippen LogP contribution in [0, 0.1) is 0 Å². The summed E-state index contributed by atoms with van der Waals surface area (Å²) in [5.74, 6) is 1.61. The van der Waals surface area contributed by atoms with Crippen LogP contribution in [0.4, 0.5) is 0 Å². The van der Waals surface area contributed by atoms with Crippen LogP contribution in [-0.2, 0) is 16.7 Å². The first-order valence-corrected chi connectivity index (χ1v) is 8.91. The molecule has 0 atom stereocenters. The van der Waals surface area contributed by atoms with Crippen molar-refractivity contribution in [2.24, 2.45) is 4.99 Å². The van der Waals surface area contributed by atoms with Crippen molar-refractivity contribution in [1.82, 2.24) is 10.6 Å². The van der Waals surface area contributed by atoms with Crippen molar-refractivity contribution in [1.29, 1.82) is 0 Å². The van der Waals surface area contributed by atoms with Gasteiger partial charge in [-0.2, -0.15) is 0 Å². The van der Waals surface area contributed by atoms with Crippen molar-refractivity contribution in [3.63, 3.8) is 0 Å². The van der Waals surface area contributed by atoms with Gasteiger partial charge in [-0.15, -0.1) is 0 Å². The third-order valence-corrected chi connectivity index (χ3v) is 5.05. The molecule has 0 saturated carbocycles. The van der Waals surface area contributed by atoms with Gasteiger partial charge in [0.2, 0.25) is 0 Å². The summed E-state index contributed by atoms with van der Waals surface area (Å²) in [5.41, 5.74) is 1.12. The summed E-state index contributed by atoms with van der Waals surface area (Å²) >= 11 is 6.50. The fraction of sp³-hybridized carbons (Fsp3) is 0.421. The zero-order valence-electron chi connectivity index (χ0n) is 14.4. The maximum atomic E-state index is 6.50. The van der Waals surface area contributed by atoms with Crippen molar-refractivity contribution in [2.45, 2.75) is 24.8 Å². The van der Waals surface area contributed by atoms with E-state index < -0.39 is 0 Å². The molecule has 134 valence electrons. The highest BCUT2D eigenvalue weighted by Crippen LogP contribution is 2.38. The van der Waals surface area contributed by atoms with E-state index in [1.807, 2.05) is 30.3 Å². The molecule has 1 aliphatic heterocycles. The van der Waals surface area contributed by atoms with Crippen LogP contribution in [0.3, 0.4) is 0 Å². The van der Waals surface area contributed by atoms with Gasteiger partial charge in [0.05, 0.1) is 12.8 Å². The van der Waals surface area contributed by atoms with E-state index in [9.17, 15) is 0 Å². The maximum absolute atomic E-state index is 6.50. The molecular weight excluding hydrogens is 338 g/mol. The van der Waals surface area contributed by atoms with Crippen LogP contribution in [0.2, 0.25) is 5.02 Å². The Hall–Kier alpha value is -1.98. The quantitative estimate of drug-likeness (QED) is 0.633. The number of rotatable bonds is 5. The molecule has 0 unspecified atom stereocenters. The molecule has 6 heteroatoms. The van der Waals surface area contributed by atoms with E-state index >= 15 is 0 Å². The van der Waals surface area contributed by atoms with Gasteiger partial charge in [0.25, 0.3) is 0 Å². The summed E-state index contributed by atoms with van der Waals surface area (Å²) in [6, 6.07) is 11.9. The average Bonchev–Trinajstić information content (AvgIpc) is 3.16. The molecular formula is C19H24ClN3O2. The van der Waals surface area contributed by atoms with Crippen LogP contribution >= 0.6 is 11.6 Å². The van der Waals surface area contributed by atoms with Gasteiger partial charge >= 0.3 is 0 Å². The van der Waals surface area contributed by atoms with E-state index in [1.165, 1.54) is 5.56 Å². The smallest absolute Gasteiger partial charge is 0.191 e. The molecule has 0 radical (unpaired) electrons. The second kappa shape index (κ2) is 8.41. The Bertz CT molecular complexity index is 694. The number of guanidine groups is 1. The number of halogens is 1. The number of nitrogens with one attached hydrogen (secondary N) is 2. The van der Waals surface area contributed by atoms with Crippen LogP contribution in [-0.4, -0.2) is 32.8 Å². The van der Waals surface area contributed by atoms with Crippen LogP contribution in [0.5, 0.6) is 0 Å². The molecule has 5 nitrogen and oxygen atoms in total. The van der Waals surface area contributed by atoms with Gasteiger partial charge in [0, 0.05) is 37.2 Å². The van der Waals surface area contributed by atoms with Crippen molar-refractivity contribution in [3.05, 3.63) is 59.0 Å². The van der Waals surface area contributed by atoms with Crippen molar-refractivity contribution < 1.29 is 9.15 Å². The minimum absolute atomic E-state index is 0.0567. The topological polar surface area (TPSA) is 58.8 Å². The Labute approximate surface area is 153 Å². The van der Waals surface area contributed by atoms with Gasteiger partial charge in [0.1, 0.15) is 5.76 Å². The molecule has 2 N–H and O–H groups in total. The Morgan fingerprint density at radius 2 is 1.96 bits per heavy atom. The third kappa shape index (κ3) is 4.35. The Morgan fingerprint density at radius 1 is 1.16 bits per heavy atom. The van der Waals surface area contributed by atoms with E-state index in [0.29, 0.717) is 6.54 Å². The van der Waals surface area contributed by atoms with Gasteiger partial charge in [-0.1, -0.05) is 29.8 Å². The molecule has 1 aromatic heterocycles. The normalized spacial score (nSPS) is 17.3. The molecule has 1 aliphatic rings. The fourth-order valence-corrected chi connectivity index (χ4v) is 3.59. The zero-order chi connectivity index (χ0) is 17.5. The average molecular weight is 362 g/mol. The van der Waals surface area contributed by atoms with Crippen LogP contribution in [0.15, 0.2) is 52.1 Å². The summed E-state index contributed by atoms with van der Waals surface area (Å²) in [5, 5.41) is 7.54. The van der Waals surface area contributed by atoms with Gasteiger partial charge < -0.3 is 19.8 Å². The minimum Gasteiger partial charge on any atom is -0.467 e. The second-order valence-corrected chi connectivity index (χ2v) is 6.64. The van der Waals surface area contributed by atoms with E-state index in [0.717, 1.165) is 49.3 Å². The first kappa shape index (κ1) is 17.8. The second-order valence-electron chi connectivity index (χ2n) is 6.23. The monoisotopic (exact) mass is 361 g/mol. The lowest BCUT2D eigenvalue weighted by Crippen LogP contribution is -2.48. The molecule has 1 fully saturated rings. The summed E-state index contributed by atoms with van der Waals surface area (Å²) in [6.45, 7) is 2.82. The highest BCUT2D eigenvalue weighted by molar-refractivity contribution is 6.31. The summed E-state index contributed by atoms with van der Waals surface area (Å²) in [7, 11) is 1.77. The van der Waals surface area contributed by atoms with Crippen molar-refractivity contribution in [3.8, 4) is 0 Å². The summed E-state index contributed by atoms with van der Waals surface area (Å²) < 4.78 is 10.9. The first-order valence-electron chi connectivity index (χ1n) is 8.53. The van der Waals surface area contributed by atoms with E-state index in [4.69, 9.17) is 20.8 Å². The van der Waals surface area contributed by atoms with Crippen molar-refractivity contribution >= 4 is 17.6 Å². The largest absolute Gasteiger partial charge is 0.467 e. The molecule has 1 saturated heterocycles. The van der Waals surface area contributed by atoms with E-state index in [1.54, 1.807) is 13.3 Å². The number of ether oxygens (including phenoxy) is 1. The van der Waals surface area contributed by atoms with Gasteiger partial charge in [0.15, 0.2) is 5.96 Å². The number of benzene rings is 1. The number of nitrogens with zero attached hydrogens (tertiary/aromatic N) is 1. The van der Waals surface area contributed by atoms with Crippen LogP contribution in [0.25, 0.3) is 0 Å². The number of aliphatic imine (C=N–C) groups is 1. The molecule has 25 heavy (non-hydrogen) atoms. The number of hydrogen-bond acceptors (Lipinski definition) is 3. The summed E-state index contributed by atoms with van der Waals surface area (Å²) in [4.78, 5) is 4.31. The fourth-order valence-electron chi connectivity index (χ4n) is 3.25. The summed E-state index contributed by atoms with van der Waals surface area (Å²) in [6.07, 6.45) is 3.53. The Morgan fingerprint density at radius 3 is 2.64 bits per heavy atom. The van der Waals surface area contributed by atoms with Crippen LogP contribution < -0.4 is 10.6 Å².